The molecule has 1 aliphatic heterocycles. The molecule has 1 unspecified atom stereocenters. The van der Waals surface area contributed by atoms with Crippen LogP contribution in [0.1, 0.15) is 18.9 Å². The molecule has 0 aliphatic carbocycles. The first kappa shape index (κ1) is 11.9. The number of aliphatic hydroxyl groups is 1. The van der Waals surface area contributed by atoms with Crippen molar-refractivity contribution in [3.63, 3.8) is 0 Å². The van der Waals surface area contributed by atoms with Gasteiger partial charge in [0.2, 0.25) is 0 Å². The van der Waals surface area contributed by atoms with Crippen LogP contribution in [-0.2, 0) is 6.61 Å². The van der Waals surface area contributed by atoms with Gasteiger partial charge in [-0.15, -0.1) is 0 Å². The van der Waals surface area contributed by atoms with E-state index in [1.807, 2.05) is 0 Å². The van der Waals surface area contributed by atoms with E-state index < -0.39 is 4.92 Å². The van der Waals surface area contributed by atoms with E-state index in [2.05, 4.69) is 11.8 Å². The van der Waals surface area contributed by atoms with Gasteiger partial charge in [-0.1, -0.05) is 6.92 Å². The van der Waals surface area contributed by atoms with Crippen LogP contribution in [-0.4, -0.2) is 23.1 Å². The predicted octanol–water partition coefficient (Wildman–Crippen LogP) is 1.93. The Morgan fingerprint density at radius 2 is 2.35 bits per heavy atom. The topological polar surface area (TPSA) is 66.6 Å². The molecule has 1 aromatic rings. The van der Waals surface area contributed by atoms with Gasteiger partial charge in [-0.25, -0.2) is 0 Å². The molecular formula is C12H16N2O3. The molecule has 17 heavy (non-hydrogen) atoms. The van der Waals surface area contributed by atoms with Gasteiger partial charge in [0.25, 0.3) is 5.69 Å². The maximum absolute atomic E-state index is 10.7. The Bertz CT molecular complexity index is 434. The molecule has 5 nitrogen and oxygen atoms in total. The van der Waals surface area contributed by atoms with Crippen LogP contribution in [0, 0.1) is 16.0 Å². The van der Waals surface area contributed by atoms with Gasteiger partial charge in [-0.2, -0.15) is 0 Å². The quantitative estimate of drug-likeness (QED) is 0.643. The Morgan fingerprint density at radius 3 is 2.88 bits per heavy atom. The van der Waals surface area contributed by atoms with Crippen molar-refractivity contribution in [2.45, 2.75) is 20.0 Å². The lowest BCUT2D eigenvalue weighted by Crippen LogP contribution is -2.20. The van der Waals surface area contributed by atoms with E-state index in [1.165, 1.54) is 12.1 Å². The van der Waals surface area contributed by atoms with E-state index in [-0.39, 0.29) is 12.3 Å². The van der Waals surface area contributed by atoms with Crippen molar-refractivity contribution in [1.29, 1.82) is 0 Å². The van der Waals surface area contributed by atoms with E-state index >= 15 is 0 Å². The standard InChI is InChI=1S/C12H16N2O3/c1-9-4-5-13(7-9)12-3-2-11(14(16)17)6-10(12)8-15/h2-3,6,9,15H,4-5,7-8H2,1H3. The fraction of sp³-hybridized carbons (Fsp3) is 0.500. The Morgan fingerprint density at radius 1 is 1.59 bits per heavy atom. The molecule has 92 valence electrons. The normalized spacial score (nSPS) is 19.6. The van der Waals surface area contributed by atoms with Crippen molar-refractivity contribution in [3.05, 3.63) is 33.9 Å². The molecule has 1 fully saturated rings. The van der Waals surface area contributed by atoms with Crippen LogP contribution >= 0.6 is 0 Å². The summed E-state index contributed by atoms with van der Waals surface area (Å²) < 4.78 is 0. The van der Waals surface area contributed by atoms with E-state index in [0.29, 0.717) is 11.5 Å². The minimum absolute atomic E-state index is 0.0324. The minimum Gasteiger partial charge on any atom is -0.392 e. The molecule has 0 amide bonds. The number of nitro groups is 1. The highest BCUT2D eigenvalue weighted by molar-refractivity contribution is 5.58. The number of aliphatic hydroxyl groups excluding tert-OH is 1. The average molecular weight is 236 g/mol. The third kappa shape index (κ3) is 2.39. The molecule has 1 heterocycles. The third-order valence-corrected chi connectivity index (χ3v) is 3.21. The van der Waals surface area contributed by atoms with Gasteiger partial charge < -0.3 is 10.0 Å². The molecule has 2 rings (SSSR count). The van der Waals surface area contributed by atoms with Gasteiger partial charge in [0.15, 0.2) is 0 Å². The average Bonchev–Trinajstić information content (AvgIpc) is 2.74. The molecule has 0 aromatic heterocycles. The Kier molecular flexibility index (Phi) is 3.28. The second kappa shape index (κ2) is 4.71. The smallest absolute Gasteiger partial charge is 0.269 e. The molecule has 5 heteroatoms. The monoisotopic (exact) mass is 236 g/mol. The first-order chi connectivity index (χ1) is 8.11. The minimum atomic E-state index is -0.435. The first-order valence-corrected chi connectivity index (χ1v) is 5.75. The summed E-state index contributed by atoms with van der Waals surface area (Å²) in [5, 5.41) is 20.0. The highest BCUT2D eigenvalue weighted by Gasteiger charge is 2.22. The summed E-state index contributed by atoms with van der Waals surface area (Å²) in [5.41, 5.74) is 1.58. The lowest BCUT2D eigenvalue weighted by atomic mass is 10.1. The lowest BCUT2D eigenvalue weighted by Gasteiger charge is -2.20. The van der Waals surface area contributed by atoms with E-state index in [0.717, 1.165) is 25.2 Å². The zero-order valence-electron chi connectivity index (χ0n) is 9.80. The molecule has 1 saturated heterocycles. The summed E-state index contributed by atoms with van der Waals surface area (Å²) in [6.45, 7) is 3.92. The van der Waals surface area contributed by atoms with Gasteiger partial charge in [0.1, 0.15) is 0 Å². The number of hydrogen-bond acceptors (Lipinski definition) is 4. The van der Waals surface area contributed by atoms with Crippen LogP contribution in [0.15, 0.2) is 18.2 Å². The van der Waals surface area contributed by atoms with Crippen molar-refractivity contribution in [2.75, 3.05) is 18.0 Å². The van der Waals surface area contributed by atoms with Gasteiger partial charge in [0.05, 0.1) is 11.5 Å². The second-order valence-corrected chi connectivity index (χ2v) is 4.57. The maximum atomic E-state index is 10.7. The van der Waals surface area contributed by atoms with Gasteiger partial charge in [0, 0.05) is 36.5 Å². The van der Waals surface area contributed by atoms with Gasteiger partial charge in [-0.05, 0) is 18.4 Å². The molecule has 1 aromatic carbocycles. The third-order valence-electron chi connectivity index (χ3n) is 3.21. The van der Waals surface area contributed by atoms with E-state index in [9.17, 15) is 15.2 Å². The largest absolute Gasteiger partial charge is 0.392 e. The molecule has 1 aliphatic rings. The van der Waals surface area contributed by atoms with Crippen LogP contribution in [0.2, 0.25) is 0 Å². The summed E-state index contributed by atoms with van der Waals surface area (Å²) in [6, 6.07) is 4.69. The van der Waals surface area contributed by atoms with Gasteiger partial charge >= 0.3 is 0 Å². The van der Waals surface area contributed by atoms with Crippen LogP contribution < -0.4 is 4.90 Å². The molecule has 1 atom stereocenters. The summed E-state index contributed by atoms with van der Waals surface area (Å²) >= 11 is 0. The van der Waals surface area contributed by atoms with Crippen molar-refractivity contribution >= 4 is 11.4 Å². The lowest BCUT2D eigenvalue weighted by molar-refractivity contribution is -0.384. The predicted molar refractivity (Wildman–Crippen MR) is 65.0 cm³/mol. The fourth-order valence-corrected chi connectivity index (χ4v) is 2.27. The summed E-state index contributed by atoms with van der Waals surface area (Å²) in [5.74, 6) is 0.636. The zero-order chi connectivity index (χ0) is 12.4. The second-order valence-electron chi connectivity index (χ2n) is 4.57. The summed E-state index contributed by atoms with van der Waals surface area (Å²) in [6.07, 6.45) is 1.13. The number of nitrogens with zero attached hydrogens (tertiary/aromatic N) is 2. The zero-order valence-corrected chi connectivity index (χ0v) is 9.80. The van der Waals surface area contributed by atoms with Crippen molar-refractivity contribution in [2.24, 2.45) is 5.92 Å². The summed E-state index contributed by atoms with van der Waals surface area (Å²) in [7, 11) is 0. The SMILES string of the molecule is CC1CCN(c2ccc([N+](=O)[O-])cc2CO)C1. The Balaban J connectivity index is 2.31. The van der Waals surface area contributed by atoms with E-state index in [4.69, 9.17) is 0 Å². The van der Waals surface area contributed by atoms with Crippen LogP contribution in [0.5, 0.6) is 0 Å². The Hall–Kier alpha value is -1.62. The van der Waals surface area contributed by atoms with E-state index in [1.54, 1.807) is 6.07 Å². The van der Waals surface area contributed by atoms with Crippen molar-refractivity contribution in [1.82, 2.24) is 0 Å². The fourth-order valence-electron chi connectivity index (χ4n) is 2.27. The first-order valence-electron chi connectivity index (χ1n) is 5.75. The molecular weight excluding hydrogens is 220 g/mol. The highest BCUT2D eigenvalue weighted by Crippen LogP contribution is 2.29. The van der Waals surface area contributed by atoms with Crippen LogP contribution in [0.3, 0.4) is 0 Å². The molecule has 1 N–H and O–H groups in total. The van der Waals surface area contributed by atoms with Gasteiger partial charge in [-0.3, -0.25) is 10.1 Å². The molecule has 0 radical (unpaired) electrons. The number of benzene rings is 1. The van der Waals surface area contributed by atoms with Crippen LogP contribution in [0.25, 0.3) is 0 Å². The molecule has 0 saturated carbocycles. The number of hydrogen-bond donors (Lipinski definition) is 1. The van der Waals surface area contributed by atoms with Crippen LogP contribution in [0.4, 0.5) is 11.4 Å². The van der Waals surface area contributed by atoms with Crippen molar-refractivity contribution in [3.8, 4) is 0 Å². The highest BCUT2D eigenvalue weighted by atomic mass is 16.6. The molecule has 0 bridgehead atoms. The number of rotatable bonds is 3. The Labute approximate surface area is 99.8 Å². The maximum Gasteiger partial charge on any atom is 0.269 e. The number of anilines is 1. The number of non-ortho nitro benzene ring substituents is 1. The summed E-state index contributed by atoms with van der Waals surface area (Å²) in [4.78, 5) is 12.4. The molecule has 0 spiro atoms. The number of nitro benzene ring substituents is 1. The van der Waals surface area contributed by atoms with Crippen molar-refractivity contribution < 1.29 is 10.0 Å².